The van der Waals surface area contributed by atoms with Crippen molar-refractivity contribution < 1.29 is 14.7 Å². The summed E-state index contributed by atoms with van der Waals surface area (Å²) < 4.78 is 0. The predicted octanol–water partition coefficient (Wildman–Crippen LogP) is 2.01. The van der Waals surface area contributed by atoms with Gasteiger partial charge in [-0.3, -0.25) is 9.59 Å². The number of benzene rings is 2. The highest BCUT2D eigenvalue weighted by molar-refractivity contribution is 6.39. The second-order valence-corrected chi connectivity index (χ2v) is 5.96. The Balaban J connectivity index is 1.68. The van der Waals surface area contributed by atoms with Gasteiger partial charge < -0.3 is 15.3 Å². The van der Waals surface area contributed by atoms with Crippen LogP contribution in [0.2, 0.25) is 0 Å². The van der Waals surface area contributed by atoms with Crippen LogP contribution in [-0.4, -0.2) is 41.5 Å². The minimum atomic E-state index is -0.626. The highest BCUT2D eigenvalue weighted by atomic mass is 16.3. The van der Waals surface area contributed by atoms with Gasteiger partial charge in [0.15, 0.2) is 0 Å². The molecule has 23 heavy (non-hydrogen) atoms. The molecule has 0 saturated carbocycles. The monoisotopic (exact) mass is 312 g/mol. The van der Waals surface area contributed by atoms with Crippen LogP contribution in [0.5, 0.6) is 0 Å². The topological polar surface area (TPSA) is 69.6 Å². The summed E-state index contributed by atoms with van der Waals surface area (Å²) in [6.45, 7) is 1.07. The third-order valence-electron chi connectivity index (χ3n) is 4.27. The standard InChI is InChI=1S/C18H20N2O3/c21-12-13-4-3-9-20(11-13)18(23)17(22)19-16-8-7-14-5-1-2-6-15(14)10-16/h1-2,5-8,10,13,21H,3-4,9,11-12H2,(H,19,22). The van der Waals surface area contributed by atoms with Crippen LogP contribution in [0.25, 0.3) is 10.8 Å². The smallest absolute Gasteiger partial charge is 0.313 e. The Morgan fingerprint density at radius 2 is 1.96 bits per heavy atom. The zero-order valence-electron chi connectivity index (χ0n) is 12.9. The predicted molar refractivity (Wildman–Crippen MR) is 89.0 cm³/mol. The number of anilines is 1. The Kier molecular flexibility index (Phi) is 4.57. The summed E-state index contributed by atoms with van der Waals surface area (Å²) in [4.78, 5) is 26.0. The molecular weight excluding hydrogens is 292 g/mol. The summed E-state index contributed by atoms with van der Waals surface area (Å²) in [5.41, 5.74) is 0.609. The fraction of sp³-hybridized carbons (Fsp3) is 0.333. The van der Waals surface area contributed by atoms with Crippen molar-refractivity contribution in [3.63, 3.8) is 0 Å². The molecule has 1 aliphatic heterocycles. The Bertz CT molecular complexity index is 729. The molecule has 0 aliphatic carbocycles. The lowest BCUT2D eigenvalue weighted by molar-refractivity contribution is -0.144. The number of piperidine rings is 1. The van der Waals surface area contributed by atoms with E-state index in [4.69, 9.17) is 0 Å². The van der Waals surface area contributed by atoms with E-state index in [1.165, 1.54) is 4.90 Å². The van der Waals surface area contributed by atoms with Gasteiger partial charge in [-0.25, -0.2) is 0 Å². The first-order chi connectivity index (χ1) is 11.2. The minimum Gasteiger partial charge on any atom is -0.396 e. The Morgan fingerprint density at radius 1 is 1.17 bits per heavy atom. The highest BCUT2D eigenvalue weighted by Crippen LogP contribution is 2.20. The van der Waals surface area contributed by atoms with Gasteiger partial charge >= 0.3 is 11.8 Å². The second-order valence-electron chi connectivity index (χ2n) is 5.96. The molecule has 2 N–H and O–H groups in total. The molecule has 0 aromatic heterocycles. The van der Waals surface area contributed by atoms with Crippen molar-refractivity contribution in [3.8, 4) is 0 Å². The second kappa shape index (κ2) is 6.79. The number of hydrogen-bond acceptors (Lipinski definition) is 3. The summed E-state index contributed by atoms with van der Waals surface area (Å²) in [5, 5.41) is 14.0. The van der Waals surface area contributed by atoms with Crippen LogP contribution in [0.4, 0.5) is 5.69 Å². The number of fused-ring (bicyclic) bond motifs is 1. The van der Waals surface area contributed by atoms with Crippen LogP contribution in [0.3, 0.4) is 0 Å². The van der Waals surface area contributed by atoms with Gasteiger partial charge in [-0.2, -0.15) is 0 Å². The largest absolute Gasteiger partial charge is 0.396 e. The average molecular weight is 312 g/mol. The lowest BCUT2D eigenvalue weighted by atomic mass is 9.99. The third kappa shape index (κ3) is 3.51. The van der Waals surface area contributed by atoms with E-state index in [0.29, 0.717) is 18.8 Å². The van der Waals surface area contributed by atoms with Crippen molar-refractivity contribution in [2.45, 2.75) is 12.8 Å². The fourth-order valence-electron chi connectivity index (χ4n) is 2.99. The van der Waals surface area contributed by atoms with Crippen molar-refractivity contribution in [1.29, 1.82) is 0 Å². The lowest BCUT2D eigenvalue weighted by Gasteiger charge is -2.31. The molecule has 1 fully saturated rings. The maximum atomic E-state index is 12.3. The first-order valence-corrected chi connectivity index (χ1v) is 7.87. The van der Waals surface area contributed by atoms with Crippen molar-refractivity contribution in [2.75, 3.05) is 25.0 Å². The molecule has 2 aromatic rings. The molecule has 0 spiro atoms. The van der Waals surface area contributed by atoms with E-state index >= 15 is 0 Å². The summed E-state index contributed by atoms with van der Waals surface area (Å²) >= 11 is 0. The molecule has 1 heterocycles. The van der Waals surface area contributed by atoms with E-state index in [-0.39, 0.29) is 12.5 Å². The van der Waals surface area contributed by atoms with Crippen molar-refractivity contribution in [1.82, 2.24) is 4.90 Å². The zero-order chi connectivity index (χ0) is 16.2. The van der Waals surface area contributed by atoms with Crippen LogP contribution in [0.1, 0.15) is 12.8 Å². The van der Waals surface area contributed by atoms with Crippen LogP contribution >= 0.6 is 0 Å². The van der Waals surface area contributed by atoms with Crippen LogP contribution in [0, 0.1) is 5.92 Å². The number of hydrogen-bond donors (Lipinski definition) is 2. The number of carbonyl (C=O) groups excluding carboxylic acids is 2. The zero-order valence-corrected chi connectivity index (χ0v) is 12.9. The Morgan fingerprint density at radius 3 is 2.74 bits per heavy atom. The molecule has 0 bridgehead atoms. The molecule has 2 aromatic carbocycles. The van der Waals surface area contributed by atoms with E-state index in [0.717, 1.165) is 23.6 Å². The maximum Gasteiger partial charge on any atom is 0.313 e. The first kappa shape index (κ1) is 15.5. The SMILES string of the molecule is O=C(Nc1ccc2ccccc2c1)C(=O)N1CCCC(CO)C1. The highest BCUT2D eigenvalue weighted by Gasteiger charge is 2.27. The molecule has 120 valence electrons. The van der Waals surface area contributed by atoms with Crippen molar-refractivity contribution in [3.05, 3.63) is 42.5 Å². The fourth-order valence-corrected chi connectivity index (χ4v) is 2.99. The average Bonchev–Trinajstić information content (AvgIpc) is 2.61. The third-order valence-corrected chi connectivity index (χ3v) is 4.27. The molecule has 2 amide bonds. The van der Waals surface area contributed by atoms with Gasteiger partial charge in [0, 0.05) is 25.4 Å². The summed E-state index contributed by atoms with van der Waals surface area (Å²) in [6, 6.07) is 13.4. The van der Waals surface area contributed by atoms with Gasteiger partial charge in [0.25, 0.3) is 0 Å². The summed E-state index contributed by atoms with van der Waals surface area (Å²) in [6.07, 6.45) is 1.72. The number of likely N-dealkylation sites (tertiary alicyclic amines) is 1. The summed E-state index contributed by atoms with van der Waals surface area (Å²) in [5.74, 6) is -1.09. The van der Waals surface area contributed by atoms with Crippen molar-refractivity contribution in [2.24, 2.45) is 5.92 Å². The number of carbonyl (C=O) groups is 2. The van der Waals surface area contributed by atoms with E-state index in [1.54, 1.807) is 6.07 Å². The minimum absolute atomic E-state index is 0.0517. The first-order valence-electron chi connectivity index (χ1n) is 7.87. The van der Waals surface area contributed by atoms with Gasteiger partial charge in [0.2, 0.25) is 0 Å². The number of aliphatic hydroxyl groups is 1. The van der Waals surface area contributed by atoms with Gasteiger partial charge in [-0.05, 0) is 41.7 Å². The normalized spacial score (nSPS) is 18.0. The molecule has 5 nitrogen and oxygen atoms in total. The van der Waals surface area contributed by atoms with Gasteiger partial charge in [-0.15, -0.1) is 0 Å². The number of amides is 2. The van der Waals surface area contributed by atoms with Gasteiger partial charge in [0.1, 0.15) is 0 Å². The van der Waals surface area contributed by atoms with Gasteiger partial charge in [-0.1, -0.05) is 30.3 Å². The van der Waals surface area contributed by atoms with Crippen LogP contribution in [-0.2, 0) is 9.59 Å². The van der Waals surface area contributed by atoms with E-state index < -0.39 is 11.8 Å². The molecule has 1 aliphatic rings. The molecule has 1 unspecified atom stereocenters. The Labute approximate surface area is 134 Å². The quantitative estimate of drug-likeness (QED) is 0.834. The van der Waals surface area contributed by atoms with Crippen LogP contribution < -0.4 is 5.32 Å². The van der Waals surface area contributed by atoms with Gasteiger partial charge in [0.05, 0.1) is 0 Å². The molecule has 1 saturated heterocycles. The lowest BCUT2D eigenvalue weighted by Crippen LogP contribution is -2.45. The van der Waals surface area contributed by atoms with E-state index in [9.17, 15) is 14.7 Å². The van der Waals surface area contributed by atoms with E-state index in [2.05, 4.69) is 5.32 Å². The van der Waals surface area contributed by atoms with Crippen LogP contribution in [0.15, 0.2) is 42.5 Å². The van der Waals surface area contributed by atoms with E-state index in [1.807, 2.05) is 36.4 Å². The number of aliphatic hydroxyl groups excluding tert-OH is 1. The molecular formula is C18H20N2O3. The number of nitrogens with zero attached hydrogens (tertiary/aromatic N) is 1. The molecule has 3 rings (SSSR count). The molecule has 0 radical (unpaired) electrons. The number of rotatable bonds is 2. The Hall–Kier alpha value is -2.40. The molecule has 1 atom stereocenters. The number of nitrogens with one attached hydrogen (secondary N) is 1. The maximum absolute atomic E-state index is 12.3. The summed E-state index contributed by atoms with van der Waals surface area (Å²) in [7, 11) is 0. The van der Waals surface area contributed by atoms with Crippen molar-refractivity contribution >= 4 is 28.3 Å². The molecule has 5 heteroatoms.